The molecule has 0 spiro atoms. The van der Waals surface area contributed by atoms with E-state index in [1.165, 1.54) is 103 Å². The fourth-order valence-corrected chi connectivity index (χ4v) is 19.7. The second kappa shape index (κ2) is 34.8. The lowest BCUT2D eigenvalue weighted by Gasteiger charge is -2.34. The van der Waals surface area contributed by atoms with E-state index in [4.69, 9.17) is 9.47 Å². The number of halogens is 28. The molecule has 0 aliphatic heterocycles. The van der Waals surface area contributed by atoms with Crippen LogP contribution in [-0.2, 0) is 52.1 Å². The van der Waals surface area contributed by atoms with Gasteiger partial charge in [0.25, 0.3) is 0 Å². The first-order valence-corrected chi connectivity index (χ1v) is 40.6. The molecule has 0 amide bonds. The highest BCUT2D eigenvalue weighted by molar-refractivity contribution is 7.97. The third-order valence-electron chi connectivity index (χ3n) is 16.0. The van der Waals surface area contributed by atoms with Gasteiger partial charge in [0.1, 0.15) is 44.8 Å². The summed E-state index contributed by atoms with van der Waals surface area (Å²) in [6, 6.07) is 53.4. The molecule has 0 radical (unpaired) electrons. The summed E-state index contributed by atoms with van der Waals surface area (Å²) >= 11 is -0.373. The maximum absolute atomic E-state index is 12.2. The lowest BCUT2D eigenvalue weighted by atomic mass is 10.1. The highest BCUT2D eigenvalue weighted by Gasteiger charge is 2.86. The molecule has 0 aliphatic rings. The number of alkyl halides is 27. The minimum Gasteiger partial charge on any atom is -0.743 e. The molecule has 0 bridgehead atoms. The van der Waals surface area contributed by atoms with Crippen LogP contribution in [0.4, 0.5) is 119 Å². The van der Waals surface area contributed by atoms with Crippen molar-refractivity contribution in [3.8, 4) is 23.0 Å². The maximum Gasteiger partial charge on any atom is 0.460 e. The molecule has 0 heterocycles. The monoisotopic (exact) mass is 1900 g/mol. The molecule has 0 atom stereocenters. The molecule has 8 aromatic carbocycles. The first-order chi connectivity index (χ1) is 52.1. The highest BCUT2D eigenvalue weighted by Crippen LogP contribution is 2.58. The molecule has 8 rings (SSSR count). The minimum atomic E-state index is -7.43. The molecule has 11 nitrogen and oxygen atoms in total. The molecule has 640 valence electrons. The van der Waals surface area contributed by atoms with Crippen molar-refractivity contribution in [3.63, 3.8) is 0 Å². The van der Waals surface area contributed by atoms with Crippen molar-refractivity contribution in [1.29, 1.82) is 0 Å². The Balaban J connectivity index is 0.000000379. The molecule has 0 unspecified atom stereocenters. The molecule has 0 saturated heterocycles. The van der Waals surface area contributed by atoms with Gasteiger partial charge in [-0.15, -0.1) is 0 Å². The van der Waals surface area contributed by atoms with Crippen LogP contribution in [0.1, 0.15) is 66.8 Å². The number of hydrogen-bond acceptors (Lipinski definition) is 11. The van der Waals surface area contributed by atoms with E-state index in [9.17, 15) is 157 Å². The summed E-state index contributed by atoms with van der Waals surface area (Å²) in [6.45, 7) is 26.9. The van der Waals surface area contributed by atoms with Crippen molar-refractivity contribution < 1.29 is 188 Å². The van der Waals surface area contributed by atoms with Crippen LogP contribution in [0.15, 0.2) is 175 Å². The smallest absolute Gasteiger partial charge is 0.460 e. The summed E-state index contributed by atoms with van der Waals surface area (Å²) < 4.78 is 422. The van der Waals surface area contributed by atoms with Crippen LogP contribution in [-0.4, -0.2) is 109 Å². The normalized spacial score (nSPS) is 13.5. The van der Waals surface area contributed by atoms with E-state index in [0.29, 0.717) is 0 Å². The van der Waals surface area contributed by atoms with Crippen molar-refractivity contribution in [1.82, 2.24) is 0 Å². The van der Waals surface area contributed by atoms with Crippen molar-refractivity contribution in [2.45, 2.75) is 182 Å². The van der Waals surface area contributed by atoms with E-state index < -0.39 is 100 Å². The molecule has 44 heteroatoms. The molecule has 0 saturated carbocycles. The Morgan fingerprint density at radius 3 is 0.560 bits per heavy atom. The predicted octanol–water partition coefficient (Wildman–Crippen LogP) is 19.2. The molecule has 0 fully saturated rings. The summed E-state index contributed by atoms with van der Waals surface area (Å²) in [5.74, 6) is -41.1. The van der Waals surface area contributed by atoms with Crippen molar-refractivity contribution in [2.24, 2.45) is 0 Å². The summed E-state index contributed by atoms with van der Waals surface area (Å²) in [5.41, 5.74) is 16.0. The Morgan fingerprint density at radius 1 is 0.259 bits per heavy atom. The van der Waals surface area contributed by atoms with E-state index in [1.807, 2.05) is 0 Å². The highest BCUT2D eigenvalue weighted by atomic mass is 127. The molecule has 0 aromatic heterocycles. The predicted molar refractivity (Wildman–Crippen MR) is 362 cm³/mol. The van der Waals surface area contributed by atoms with Gasteiger partial charge in [0, 0.05) is 44.5 Å². The third-order valence-corrected chi connectivity index (χ3v) is 27.0. The van der Waals surface area contributed by atoms with Crippen molar-refractivity contribution in [3.05, 3.63) is 219 Å². The zero-order chi connectivity index (χ0) is 89.6. The molecule has 116 heavy (non-hydrogen) atoms. The standard InChI is InChI=1S/C60H60IO2S2.3C4HF9O3S/c1-37-29-41(5)57(42(6)30-37)64(58-43(7)31-38(2)32-44(58)8)55-25-21-53(22-26-55)62-51-17-13-49(14-18-51)61-50-15-19-52(20-16-50)63-54-23-27-56(28-24-54)65(59-45(9)33-39(3)34-46(59)10)60-47(11)35-40(4)36-48(60)12;3*5-1(6,3(9,10)11)2(7,8)4(12,13)17(14,15)16/h13-36H,1-12H3;3*(H,14,15,16)/q+3;;;/p-3. The van der Waals surface area contributed by atoms with E-state index >= 15 is 0 Å². The first kappa shape index (κ1) is 99.2. The second-order valence-corrected chi connectivity index (χ2v) is 36.6. The van der Waals surface area contributed by atoms with Gasteiger partial charge in [0.15, 0.2) is 66.9 Å². The van der Waals surface area contributed by atoms with Gasteiger partial charge in [-0.1, -0.05) is 70.8 Å². The number of rotatable bonds is 21. The maximum atomic E-state index is 12.2. The molecule has 0 N–H and O–H groups in total. The summed E-state index contributed by atoms with van der Waals surface area (Å²) in [4.78, 5) is 8.28. The first-order valence-electron chi connectivity index (χ1n) is 31.8. The van der Waals surface area contributed by atoms with Crippen LogP contribution in [0.5, 0.6) is 23.0 Å². The topological polar surface area (TPSA) is 190 Å². The number of hydrogen-bond donors (Lipinski definition) is 0. The number of benzene rings is 8. The second-order valence-electron chi connectivity index (χ2n) is 25.5. The van der Waals surface area contributed by atoms with Gasteiger partial charge in [-0.2, -0.15) is 119 Å². The molecular formula is C72H60F27IO11S5. The van der Waals surface area contributed by atoms with E-state index in [-0.39, 0.29) is 43.0 Å². The zero-order valence-corrected chi connectivity index (χ0v) is 67.2. The SMILES string of the molecule is Cc1cc(C)c([S+](c2ccc(Oc3ccc([I+]c4ccc(Oc5ccc([S+](c6c(C)cc(C)cc6C)c6c(C)cc(C)cc6C)cc5)cc4)cc3)cc2)c2c(C)cc(C)cc2C)c(C)c1.O=S(=O)([O-])C(F)(F)C(F)(F)C(F)(F)C(F)(F)F.O=S(=O)([O-])C(F)(F)C(F)(F)C(F)(F)C(F)(F)F.O=S(=O)([O-])C(F)(F)C(F)(F)C(F)(F)C(F)(F)F. The van der Waals surface area contributed by atoms with Crippen LogP contribution < -0.4 is 30.7 Å². The lowest BCUT2D eigenvalue weighted by Crippen LogP contribution is -3.61. The van der Waals surface area contributed by atoms with E-state index in [0.717, 1.165) is 23.0 Å². The fraction of sp³-hybridized carbons (Fsp3) is 0.333. The average Bonchev–Trinajstić information content (AvgIpc) is 0.734. The summed E-state index contributed by atoms with van der Waals surface area (Å²) in [5, 5.41) is -21.3. The van der Waals surface area contributed by atoms with E-state index in [1.54, 1.807) is 0 Å². The zero-order valence-electron chi connectivity index (χ0n) is 61.0. The van der Waals surface area contributed by atoms with Crippen LogP contribution in [0.2, 0.25) is 0 Å². The fourth-order valence-electron chi connectivity index (χ4n) is 11.0. The summed E-state index contributed by atoms with van der Waals surface area (Å²) in [6.07, 6.45) is -21.5. The van der Waals surface area contributed by atoms with Crippen molar-refractivity contribution in [2.75, 3.05) is 0 Å². The van der Waals surface area contributed by atoms with Gasteiger partial charge < -0.3 is 23.1 Å². The molecule has 0 aliphatic carbocycles. The van der Waals surface area contributed by atoms with E-state index in [2.05, 4.69) is 229 Å². The third kappa shape index (κ3) is 20.5. The van der Waals surface area contributed by atoms with Gasteiger partial charge in [-0.3, -0.25) is 0 Å². The Bertz CT molecular complexity index is 4620. The van der Waals surface area contributed by atoms with Crippen molar-refractivity contribution >= 4 is 52.1 Å². The van der Waals surface area contributed by atoms with Gasteiger partial charge in [0.05, 0.1) is 0 Å². The van der Waals surface area contributed by atoms with Crippen LogP contribution in [0.25, 0.3) is 0 Å². The Labute approximate surface area is 661 Å². The molecule has 8 aromatic rings. The Hall–Kier alpha value is -7.37. The molecular weight excluding hydrogens is 1840 g/mol. The quantitative estimate of drug-likeness (QED) is 0.0288. The van der Waals surface area contributed by atoms with Gasteiger partial charge >= 0.3 is 91.0 Å². The van der Waals surface area contributed by atoms with Gasteiger partial charge in [-0.25, -0.2) is 25.3 Å². The van der Waals surface area contributed by atoms with Crippen LogP contribution in [0, 0.1) is 90.2 Å². The lowest BCUT2D eigenvalue weighted by molar-refractivity contribution is -0.597. The van der Waals surface area contributed by atoms with Gasteiger partial charge in [-0.05, 0) is 180 Å². The largest absolute Gasteiger partial charge is 0.743 e. The Kier molecular flexibility index (Phi) is 29.7. The number of ether oxygens (including phenoxy) is 2. The average molecular weight is 1900 g/mol. The van der Waals surface area contributed by atoms with Gasteiger partial charge in [0.2, 0.25) is 0 Å². The Morgan fingerprint density at radius 2 is 0.414 bits per heavy atom. The van der Waals surface area contributed by atoms with Crippen LogP contribution >= 0.6 is 0 Å². The summed E-state index contributed by atoms with van der Waals surface area (Å²) in [7, 11) is -22.7. The number of aryl methyl sites for hydroxylation is 12. The minimum absolute atomic E-state index is 0.246. The van der Waals surface area contributed by atoms with Crippen LogP contribution in [0.3, 0.4) is 0 Å².